The molecule has 1 nitrogen and oxygen atoms in total. The van der Waals surface area contributed by atoms with Crippen molar-refractivity contribution in [3.8, 4) is 10.4 Å². The maximum atomic E-state index is 3.35. The van der Waals surface area contributed by atoms with Crippen molar-refractivity contribution < 1.29 is 0 Å². The van der Waals surface area contributed by atoms with E-state index in [4.69, 9.17) is 0 Å². The van der Waals surface area contributed by atoms with Gasteiger partial charge < -0.3 is 5.32 Å². The van der Waals surface area contributed by atoms with Crippen LogP contribution in [0.3, 0.4) is 0 Å². The largest absolute Gasteiger partial charge is 0.313 e. The van der Waals surface area contributed by atoms with E-state index in [0.29, 0.717) is 0 Å². The molecule has 84 valence electrons. The van der Waals surface area contributed by atoms with Crippen LogP contribution in [0.2, 0.25) is 0 Å². The molecule has 0 bridgehead atoms. The van der Waals surface area contributed by atoms with Crippen LogP contribution in [0.4, 0.5) is 0 Å². The molecule has 0 aliphatic carbocycles. The number of hydrogen-bond acceptors (Lipinski definition) is 2. The molecule has 2 heteroatoms. The maximum Gasteiger partial charge on any atom is 0.0345 e. The van der Waals surface area contributed by atoms with Crippen LogP contribution in [-0.4, -0.2) is 6.54 Å². The summed E-state index contributed by atoms with van der Waals surface area (Å²) < 4.78 is 0. The minimum atomic E-state index is 0.960. The van der Waals surface area contributed by atoms with Crippen LogP contribution in [0.1, 0.15) is 18.1 Å². The lowest BCUT2D eigenvalue weighted by molar-refractivity contribution is 0.726. The third kappa shape index (κ3) is 2.52. The molecule has 0 fully saturated rings. The Morgan fingerprint density at radius 1 is 1.25 bits per heavy atom. The molecule has 0 radical (unpaired) electrons. The van der Waals surface area contributed by atoms with Crippen molar-refractivity contribution in [2.45, 2.75) is 20.4 Å². The zero-order chi connectivity index (χ0) is 11.4. The Kier molecular flexibility index (Phi) is 3.75. The van der Waals surface area contributed by atoms with Gasteiger partial charge in [0.05, 0.1) is 0 Å². The van der Waals surface area contributed by atoms with Crippen molar-refractivity contribution >= 4 is 11.3 Å². The van der Waals surface area contributed by atoms with E-state index in [2.05, 4.69) is 54.9 Å². The van der Waals surface area contributed by atoms with Gasteiger partial charge in [-0.3, -0.25) is 0 Å². The van der Waals surface area contributed by atoms with Crippen LogP contribution < -0.4 is 5.32 Å². The SMILES string of the molecule is CCNCc1ccc(-c2cccs2)c(C)c1. The molecule has 0 unspecified atom stereocenters. The van der Waals surface area contributed by atoms with E-state index in [1.54, 1.807) is 11.3 Å². The molecule has 0 saturated heterocycles. The first-order valence-corrected chi connectivity index (χ1v) is 6.53. The van der Waals surface area contributed by atoms with Crippen molar-refractivity contribution in [1.82, 2.24) is 5.32 Å². The minimum Gasteiger partial charge on any atom is -0.313 e. The first-order valence-electron chi connectivity index (χ1n) is 5.65. The molecule has 0 spiro atoms. The number of nitrogens with one attached hydrogen (secondary N) is 1. The van der Waals surface area contributed by atoms with Crippen molar-refractivity contribution in [2.75, 3.05) is 6.54 Å². The number of benzene rings is 1. The smallest absolute Gasteiger partial charge is 0.0345 e. The van der Waals surface area contributed by atoms with Crippen LogP contribution in [0, 0.1) is 6.92 Å². The molecule has 1 aromatic carbocycles. The monoisotopic (exact) mass is 231 g/mol. The third-order valence-corrected chi connectivity index (χ3v) is 3.56. The zero-order valence-electron chi connectivity index (χ0n) is 9.79. The van der Waals surface area contributed by atoms with Crippen LogP contribution >= 0.6 is 11.3 Å². The van der Waals surface area contributed by atoms with Crippen LogP contribution in [0.25, 0.3) is 10.4 Å². The van der Waals surface area contributed by atoms with E-state index in [1.165, 1.54) is 21.6 Å². The minimum absolute atomic E-state index is 0.960. The second kappa shape index (κ2) is 5.28. The van der Waals surface area contributed by atoms with Crippen LogP contribution in [0.15, 0.2) is 35.7 Å². The molecule has 2 aromatic rings. The van der Waals surface area contributed by atoms with Gasteiger partial charge in [-0.15, -0.1) is 11.3 Å². The predicted molar refractivity (Wildman–Crippen MR) is 71.9 cm³/mol. The van der Waals surface area contributed by atoms with Gasteiger partial charge in [0.2, 0.25) is 0 Å². The average Bonchev–Trinajstić information content (AvgIpc) is 2.80. The molecule has 1 N–H and O–H groups in total. The summed E-state index contributed by atoms with van der Waals surface area (Å²) in [7, 11) is 0. The summed E-state index contributed by atoms with van der Waals surface area (Å²) in [5.41, 5.74) is 4.08. The Bertz CT molecular complexity index is 446. The topological polar surface area (TPSA) is 12.0 Å². The number of hydrogen-bond donors (Lipinski definition) is 1. The lowest BCUT2D eigenvalue weighted by Crippen LogP contribution is -2.11. The van der Waals surface area contributed by atoms with E-state index >= 15 is 0 Å². The lowest BCUT2D eigenvalue weighted by Gasteiger charge is -2.07. The van der Waals surface area contributed by atoms with Gasteiger partial charge in [-0.05, 0) is 41.6 Å². The highest BCUT2D eigenvalue weighted by Gasteiger charge is 2.03. The fourth-order valence-corrected chi connectivity index (χ4v) is 2.63. The highest BCUT2D eigenvalue weighted by atomic mass is 32.1. The van der Waals surface area contributed by atoms with Crippen molar-refractivity contribution in [1.29, 1.82) is 0 Å². The molecule has 0 saturated carbocycles. The Hall–Kier alpha value is -1.12. The van der Waals surface area contributed by atoms with Crippen molar-refractivity contribution in [3.63, 3.8) is 0 Å². The van der Waals surface area contributed by atoms with Gasteiger partial charge in [0.15, 0.2) is 0 Å². The normalized spacial score (nSPS) is 10.6. The van der Waals surface area contributed by atoms with E-state index in [0.717, 1.165) is 13.1 Å². The summed E-state index contributed by atoms with van der Waals surface area (Å²) in [6.07, 6.45) is 0. The molecule has 0 amide bonds. The summed E-state index contributed by atoms with van der Waals surface area (Å²) in [5.74, 6) is 0. The Morgan fingerprint density at radius 3 is 2.75 bits per heavy atom. The fourth-order valence-electron chi connectivity index (χ4n) is 1.81. The highest BCUT2D eigenvalue weighted by molar-refractivity contribution is 7.13. The zero-order valence-corrected chi connectivity index (χ0v) is 10.6. The van der Waals surface area contributed by atoms with E-state index in [9.17, 15) is 0 Å². The Morgan fingerprint density at radius 2 is 2.12 bits per heavy atom. The average molecular weight is 231 g/mol. The van der Waals surface area contributed by atoms with Gasteiger partial charge >= 0.3 is 0 Å². The van der Waals surface area contributed by atoms with Crippen molar-refractivity contribution in [2.24, 2.45) is 0 Å². The van der Waals surface area contributed by atoms with Gasteiger partial charge in [0, 0.05) is 11.4 Å². The Labute approximate surface area is 101 Å². The molecule has 1 aromatic heterocycles. The third-order valence-electron chi connectivity index (χ3n) is 2.66. The molecule has 0 aliphatic heterocycles. The lowest BCUT2D eigenvalue weighted by atomic mass is 10.0. The fraction of sp³-hybridized carbons (Fsp3) is 0.286. The van der Waals surface area contributed by atoms with E-state index in [-0.39, 0.29) is 0 Å². The van der Waals surface area contributed by atoms with Gasteiger partial charge in [-0.1, -0.05) is 31.2 Å². The summed E-state index contributed by atoms with van der Waals surface area (Å²) in [6, 6.07) is 11.0. The van der Waals surface area contributed by atoms with Crippen LogP contribution in [0.5, 0.6) is 0 Å². The molecule has 2 rings (SSSR count). The molecule has 1 heterocycles. The number of thiophene rings is 1. The van der Waals surface area contributed by atoms with Gasteiger partial charge in [0.1, 0.15) is 0 Å². The molecule has 0 aliphatic rings. The molecular formula is C14H17NS. The van der Waals surface area contributed by atoms with Crippen LogP contribution in [-0.2, 0) is 6.54 Å². The second-order valence-electron chi connectivity index (χ2n) is 3.91. The van der Waals surface area contributed by atoms with Gasteiger partial charge in [-0.2, -0.15) is 0 Å². The predicted octanol–water partition coefficient (Wildman–Crippen LogP) is 3.83. The number of rotatable bonds is 4. The summed E-state index contributed by atoms with van der Waals surface area (Å²) in [6.45, 7) is 6.30. The van der Waals surface area contributed by atoms with Crippen molar-refractivity contribution in [3.05, 3.63) is 46.8 Å². The van der Waals surface area contributed by atoms with E-state index in [1.807, 2.05) is 0 Å². The second-order valence-corrected chi connectivity index (χ2v) is 4.85. The first kappa shape index (κ1) is 11.4. The summed E-state index contributed by atoms with van der Waals surface area (Å²) in [5, 5.41) is 5.47. The standard InChI is InChI=1S/C14H17NS/c1-3-15-10-12-6-7-13(11(2)9-12)14-5-4-8-16-14/h4-9,15H,3,10H2,1-2H3. The van der Waals surface area contributed by atoms with Gasteiger partial charge in [0.25, 0.3) is 0 Å². The van der Waals surface area contributed by atoms with Gasteiger partial charge in [-0.25, -0.2) is 0 Å². The maximum absolute atomic E-state index is 3.35. The summed E-state index contributed by atoms with van der Waals surface area (Å²) in [4.78, 5) is 1.35. The Balaban J connectivity index is 2.23. The highest BCUT2D eigenvalue weighted by Crippen LogP contribution is 2.28. The molecule has 16 heavy (non-hydrogen) atoms. The quantitative estimate of drug-likeness (QED) is 0.843. The van der Waals surface area contributed by atoms with E-state index < -0.39 is 0 Å². The number of aryl methyl sites for hydroxylation is 1. The molecular weight excluding hydrogens is 214 g/mol. The summed E-state index contributed by atoms with van der Waals surface area (Å²) >= 11 is 1.80. The first-order chi connectivity index (χ1) is 7.81. The molecule has 0 atom stereocenters.